The number of hydrogen-bond acceptors (Lipinski definition) is 6. The van der Waals surface area contributed by atoms with E-state index in [0.717, 1.165) is 67.6 Å². The first-order valence-electron chi connectivity index (χ1n) is 13.0. The Bertz CT molecular complexity index is 1340. The number of para-hydroxylation sites is 1. The quantitative estimate of drug-likeness (QED) is 0.338. The molecule has 0 spiro atoms. The Morgan fingerprint density at radius 3 is 2.16 bits per heavy atom. The van der Waals surface area contributed by atoms with Crippen LogP contribution in [0.1, 0.15) is 45.1 Å². The van der Waals surface area contributed by atoms with Crippen LogP contribution in [0, 0.1) is 11.8 Å². The Morgan fingerprint density at radius 1 is 0.895 bits per heavy atom. The Morgan fingerprint density at radius 2 is 1.50 bits per heavy atom. The Hall–Kier alpha value is -2.92. The zero-order chi connectivity index (χ0) is 27.3. The standard InChI is InChI=1S/C27H34F3N5O2S/c1-3-35(4-2)25-21-9-5-7-11-23(21)33-26(34-25)31-17-19-13-15-20(16-14-19)18-32-38(36,37)24-12-8-6-10-22(24)27(28,29)30/h5-12,19-20,32H,3-4,13-18H2,1-2H3,(H,31,33,34)/t19-,20-. The number of rotatable bonds is 10. The molecule has 1 aromatic heterocycles. The molecule has 11 heteroatoms. The van der Waals surface area contributed by atoms with E-state index in [-0.39, 0.29) is 12.5 Å². The molecule has 2 aromatic carbocycles. The van der Waals surface area contributed by atoms with E-state index < -0.39 is 26.7 Å². The summed E-state index contributed by atoms with van der Waals surface area (Å²) in [4.78, 5) is 11.0. The number of fused-ring (bicyclic) bond motifs is 1. The first-order chi connectivity index (χ1) is 18.1. The highest BCUT2D eigenvalue weighted by atomic mass is 32.2. The van der Waals surface area contributed by atoms with Crippen molar-refractivity contribution in [2.45, 2.75) is 50.6 Å². The number of sulfonamides is 1. The van der Waals surface area contributed by atoms with E-state index in [1.165, 1.54) is 12.1 Å². The first-order valence-corrected chi connectivity index (χ1v) is 14.5. The first kappa shape index (κ1) is 28.1. The van der Waals surface area contributed by atoms with Gasteiger partial charge in [0.15, 0.2) is 0 Å². The summed E-state index contributed by atoms with van der Waals surface area (Å²) in [7, 11) is -4.27. The van der Waals surface area contributed by atoms with Crippen LogP contribution < -0.4 is 14.9 Å². The summed E-state index contributed by atoms with van der Waals surface area (Å²) in [6.07, 6.45) is -1.39. The molecule has 0 saturated heterocycles. The fourth-order valence-electron chi connectivity index (χ4n) is 5.02. The van der Waals surface area contributed by atoms with Crippen molar-refractivity contribution in [3.05, 3.63) is 54.1 Å². The zero-order valence-corrected chi connectivity index (χ0v) is 22.4. The van der Waals surface area contributed by atoms with E-state index in [2.05, 4.69) is 28.8 Å². The lowest BCUT2D eigenvalue weighted by Crippen LogP contribution is -2.33. The number of nitrogens with one attached hydrogen (secondary N) is 2. The van der Waals surface area contributed by atoms with Crippen LogP contribution in [0.25, 0.3) is 10.9 Å². The lowest BCUT2D eigenvalue weighted by atomic mass is 9.82. The summed E-state index contributed by atoms with van der Waals surface area (Å²) in [5, 5.41) is 4.41. The second-order valence-corrected chi connectivity index (χ2v) is 11.4. The molecule has 4 rings (SSSR count). The molecule has 206 valence electrons. The third kappa shape index (κ3) is 6.55. The number of aromatic nitrogens is 2. The van der Waals surface area contributed by atoms with Gasteiger partial charge < -0.3 is 10.2 Å². The van der Waals surface area contributed by atoms with Crippen molar-refractivity contribution in [2.75, 3.05) is 36.4 Å². The SMILES string of the molecule is CCN(CC)c1nc(NC[C@H]2CC[C@H](CNS(=O)(=O)c3ccccc3C(F)(F)F)CC2)nc2ccccc12. The van der Waals surface area contributed by atoms with E-state index in [0.29, 0.717) is 18.4 Å². The van der Waals surface area contributed by atoms with E-state index in [1.54, 1.807) is 0 Å². The Labute approximate surface area is 221 Å². The lowest BCUT2D eigenvalue weighted by Gasteiger charge is -2.29. The number of halogens is 3. The van der Waals surface area contributed by atoms with Crippen LogP contribution in [0.2, 0.25) is 0 Å². The smallest absolute Gasteiger partial charge is 0.356 e. The van der Waals surface area contributed by atoms with Crippen molar-refractivity contribution in [3.8, 4) is 0 Å². The van der Waals surface area contributed by atoms with E-state index in [9.17, 15) is 21.6 Å². The van der Waals surface area contributed by atoms with Crippen molar-refractivity contribution in [3.63, 3.8) is 0 Å². The van der Waals surface area contributed by atoms with Crippen molar-refractivity contribution in [2.24, 2.45) is 11.8 Å². The van der Waals surface area contributed by atoms with Gasteiger partial charge in [-0.2, -0.15) is 18.2 Å². The van der Waals surface area contributed by atoms with Gasteiger partial charge in [-0.05, 0) is 75.6 Å². The predicted molar refractivity (Wildman–Crippen MR) is 144 cm³/mol. The number of benzene rings is 2. The highest BCUT2D eigenvalue weighted by molar-refractivity contribution is 7.89. The van der Waals surface area contributed by atoms with Crippen molar-refractivity contribution >= 4 is 32.7 Å². The minimum Gasteiger partial charge on any atom is -0.356 e. The van der Waals surface area contributed by atoms with Gasteiger partial charge in [-0.3, -0.25) is 0 Å². The minimum atomic E-state index is -4.74. The van der Waals surface area contributed by atoms with Crippen LogP contribution >= 0.6 is 0 Å². The molecular weight excluding hydrogens is 515 g/mol. The van der Waals surface area contributed by atoms with E-state index in [4.69, 9.17) is 9.97 Å². The Kier molecular flexibility index (Phi) is 8.77. The van der Waals surface area contributed by atoms with Crippen LogP contribution in [0.4, 0.5) is 24.9 Å². The summed E-state index contributed by atoms with van der Waals surface area (Å²) < 4.78 is 67.5. The van der Waals surface area contributed by atoms with Gasteiger partial charge in [-0.25, -0.2) is 18.1 Å². The molecule has 1 fully saturated rings. The van der Waals surface area contributed by atoms with Crippen LogP contribution in [-0.4, -0.2) is 44.6 Å². The summed E-state index contributed by atoms with van der Waals surface area (Å²) in [6, 6.07) is 12.2. The van der Waals surface area contributed by atoms with Crippen LogP contribution in [0.3, 0.4) is 0 Å². The predicted octanol–water partition coefficient (Wildman–Crippen LogP) is 5.69. The van der Waals surface area contributed by atoms with Crippen LogP contribution in [0.5, 0.6) is 0 Å². The van der Waals surface area contributed by atoms with Gasteiger partial charge in [0.1, 0.15) is 5.82 Å². The molecule has 1 heterocycles. The fraction of sp³-hybridized carbons (Fsp3) is 0.481. The molecule has 0 bridgehead atoms. The molecule has 0 amide bonds. The topological polar surface area (TPSA) is 87.2 Å². The fourth-order valence-corrected chi connectivity index (χ4v) is 6.36. The van der Waals surface area contributed by atoms with Crippen LogP contribution in [-0.2, 0) is 16.2 Å². The summed E-state index contributed by atoms with van der Waals surface area (Å²) in [5.74, 6) is 1.95. The molecule has 2 N–H and O–H groups in total. The lowest BCUT2D eigenvalue weighted by molar-refractivity contribution is -0.139. The molecule has 1 saturated carbocycles. The normalized spacial score (nSPS) is 18.4. The van der Waals surface area contributed by atoms with Gasteiger partial charge in [0.05, 0.1) is 16.0 Å². The van der Waals surface area contributed by atoms with Crippen molar-refractivity contribution in [1.29, 1.82) is 0 Å². The summed E-state index contributed by atoms with van der Waals surface area (Å²) in [6.45, 7) is 6.70. The Balaban J connectivity index is 1.33. The monoisotopic (exact) mass is 549 g/mol. The average Bonchev–Trinajstić information content (AvgIpc) is 2.91. The molecule has 0 aliphatic heterocycles. The summed E-state index contributed by atoms with van der Waals surface area (Å²) in [5.41, 5.74) is -0.266. The molecule has 7 nitrogen and oxygen atoms in total. The maximum absolute atomic E-state index is 13.3. The van der Waals surface area contributed by atoms with Gasteiger partial charge in [-0.15, -0.1) is 0 Å². The zero-order valence-electron chi connectivity index (χ0n) is 21.6. The number of hydrogen-bond donors (Lipinski definition) is 2. The largest absolute Gasteiger partial charge is 0.417 e. The second kappa shape index (κ2) is 11.9. The molecule has 0 radical (unpaired) electrons. The van der Waals surface area contributed by atoms with Gasteiger partial charge in [-0.1, -0.05) is 24.3 Å². The molecule has 1 aliphatic rings. The van der Waals surface area contributed by atoms with Gasteiger partial charge in [0.2, 0.25) is 16.0 Å². The van der Waals surface area contributed by atoms with E-state index in [1.807, 2.05) is 24.3 Å². The maximum Gasteiger partial charge on any atom is 0.417 e. The second-order valence-electron chi connectivity index (χ2n) is 9.67. The molecule has 38 heavy (non-hydrogen) atoms. The average molecular weight is 550 g/mol. The third-order valence-corrected chi connectivity index (χ3v) is 8.69. The number of anilines is 2. The van der Waals surface area contributed by atoms with Crippen LogP contribution in [0.15, 0.2) is 53.4 Å². The van der Waals surface area contributed by atoms with Gasteiger partial charge in [0, 0.05) is 31.6 Å². The van der Waals surface area contributed by atoms with Crippen molar-refractivity contribution in [1.82, 2.24) is 14.7 Å². The molecule has 0 atom stereocenters. The maximum atomic E-state index is 13.3. The highest BCUT2D eigenvalue weighted by Crippen LogP contribution is 2.34. The molecule has 1 aliphatic carbocycles. The molecule has 0 unspecified atom stereocenters. The minimum absolute atomic E-state index is 0.0743. The van der Waals surface area contributed by atoms with Gasteiger partial charge >= 0.3 is 6.18 Å². The third-order valence-electron chi connectivity index (χ3n) is 7.21. The summed E-state index contributed by atoms with van der Waals surface area (Å²) >= 11 is 0. The van der Waals surface area contributed by atoms with Gasteiger partial charge in [0.25, 0.3) is 0 Å². The highest BCUT2D eigenvalue weighted by Gasteiger charge is 2.37. The van der Waals surface area contributed by atoms with E-state index >= 15 is 0 Å². The molecular formula is C27H34F3N5O2S. The molecule has 3 aromatic rings. The van der Waals surface area contributed by atoms with Crippen molar-refractivity contribution < 1.29 is 21.6 Å². The number of nitrogens with zero attached hydrogens (tertiary/aromatic N) is 3. The number of alkyl halides is 3.